The smallest absolute Gasteiger partial charge is 0.337 e. The number of aromatic carboxylic acids is 1. The number of rotatable bonds is 7. The molecule has 5 heteroatoms. The highest BCUT2D eigenvalue weighted by atomic mass is 19.1. The van der Waals surface area contributed by atoms with Crippen LogP contribution in [0.2, 0.25) is 0 Å². The van der Waals surface area contributed by atoms with Crippen LogP contribution in [0.1, 0.15) is 30.6 Å². The summed E-state index contributed by atoms with van der Waals surface area (Å²) in [7, 11) is 2.00. The maximum atomic E-state index is 13.6. The van der Waals surface area contributed by atoms with Gasteiger partial charge in [-0.15, -0.1) is 0 Å². The van der Waals surface area contributed by atoms with Gasteiger partial charge in [0.25, 0.3) is 0 Å². The molecule has 1 atom stereocenters. The zero-order chi connectivity index (χ0) is 14.4. The first-order valence-corrected chi connectivity index (χ1v) is 6.43. The molecule has 0 aliphatic heterocycles. The van der Waals surface area contributed by atoms with E-state index in [-0.39, 0.29) is 11.3 Å². The quantitative estimate of drug-likeness (QED) is 0.798. The Morgan fingerprint density at radius 1 is 1.53 bits per heavy atom. The Morgan fingerprint density at radius 2 is 2.21 bits per heavy atom. The minimum absolute atomic E-state index is 0.0359. The van der Waals surface area contributed by atoms with E-state index in [9.17, 15) is 9.18 Å². The molecule has 0 bridgehead atoms. The molecule has 1 unspecified atom stereocenters. The van der Waals surface area contributed by atoms with Crippen molar-refractivity contribution in [1.82, 2.24) is 4.90 Å². The second kappa shape index (κ2) is 7.09. The lowest BCUT2D eigenvalue weighted by atomic mass is 10.1. The first kappa shape index (κ1) is 15.4. The van der Waals surface area contributed by atoms with Crippen LogP contribution in [0.3, 0.4) is 0 Å². The molecule has 1 aromatic rings. The zero-order valence-electron chi connectivity index (χ0n) is 11.6. The van der Waals surface area contributed by atoms with Gasteiger partial charge in [-0.25, -0.2) is 9.18 Å². The second-order valence-electron chi connectivity index (χ2n) is 4.63. The summed E-state index contributed by atoms with van der Waals surface area (Å²) >= 11 is 0. The van der Waals surface area contributed by atoms with E-state index in [2.05, 4.69) is 24.1 Å². The van der Waals surface area contributed by atoms with Crippen LogP contribution in [0.4, 0.5) is 10.1 Å². The minimum atomic E-state index is -1.13. The summed E-state index contributed by atoms with van der Waals surface area (Å²) in [5.41, 5.74) is 0.0266. The molecule has 0 amide bonds. The number of nitrogens with one attached hydrogen (secondary N) is 1. The number of carbonyl (C=O) groups is 1. The number of hydrogen-bond donors (Lipinski definition) is 2. The van der Waals surface area contributed by atoms with Gasteiger partial charge in [0.2, 0.25) is 0 Å². The molecule has 0 saturated heterocycles. The molecule has 2 N–H and O–H groups in total. The fraction of sp³-hybridized carbons (Fsp3) is 0.500. The van der Waals surface area contributed by atoms with Crippen LogP contribution in [-0.2, 0) is 0 Å². The van der Waals surface area contributed by atoms with E-state index >= 15 is 0 Å². The third-order valence-electron chi connectivity index (χ3n) is 3.35. The number of para-hydroxylation sites is 1. The highest BCUT2D eigenvalue weighted by molar-refractivity contribution is 5.94. The van der Waals surface area contributed by atoms with Crippen molar-refractivity contribution in [1.29, 1.82) is 0 Å². The summed E-state index contributed by atoms with van der Waals surface area (Å²) in [5, 5.41) is 11.9. The van der Waals surface area contributed by atoms with Gasteiger partial charge in [-0.3, -0.25) is 0 Å². The Morgan fingerprint density at radius 3 is 2.79 bits per heavy atom. The SMILES string of the molecule is CCC(C)N(C)CCNc1c(F)cccc1C(=O)O. The lowest BCUT2D eigenvalue weighted by molar-refractivity contribution is 0.0697. The minimum Gasteiger partial charge on any atom is -0.478 e. The fourth-order valence-corrected chi connectivity index (χ4v) is 1.77. The van der Waals surface area contributed by atoms with Crippen LogP contribution in [-0.4, -0.2) is 42.2 Å². The highest BCUT2D eigenvalue weighted by Gasteiger charge is 2.14. The van der Waals surface area contributed by atoms with E-state index in [1.165, 1.54) is 18.2 Å². The average molecular weight is 268 g/mol. The topological polar surface area (TPSA) is 52.6 Å². The van der Waals surface area contributed by atoms with E-state index in [1.54, 1.807) is 0 Å². The van der Waals surface area contributed by atoms with Crippen molar-refractivity contribution in [3.8, 4) is 0 Å². The Bertz CT molecular complexity index is 437. The maximum absolute atomic E-state index is 13.6. The molecule has 1 aromatic carbocycles. The first-order valence-electron chi connectivity index (χ1n) is 6.43. The highest BCUT2D eigenvalue weighted by Crippen LogP contribution is 2.19. The van der Waals surface area contributed by atoms with Gasteiger partial charge < -0.3 is 15.3 Å². The number of nitrogens with zero attached hydrogens (tertiary/aromatic N) is 1. The molecule has 0 saturated carbocycles. The molecule has 0 heterocycles. The van der Waals surface area contributed by atoms with Crippen molar-refractivity contribution in [2.75, 3.05) is 25.5 Å². The number of benzene rings is 1. The Balaban J connectivity index is 2.65. The number of carboxylic acid groups (broad SMARTS) is 1. The predicted octanol–water partition coefficient (Wildman–Crippen LogP) is 2.67. The van der Waals surface area contributed by atoms with Crippen molar-refractivity contribution in [2.45, 2.75) is 26.3 Å². The molecule has 0 spiro atoms. The third-order valence-corrected chi connectivity index (χ3v) is 3.35. The zero-order valence-corrected chi connectivity index (χ0v) is 11.6. The molecule has 0 aliphatic rings. The maximum Gasteiger partial charge on any atom is 0.337 e. The second-order valence-corrected chi connectivity index (χ2v) is 4.63. The van der Waals surface area contributed by atoms with E-state index in [0.29, 0.717) is 12.6 Å². The van der Waals surface area contributed by atoms with Gasteiger partial charge in [0, 0.05) is 19.1 Å². The van der Waals surface area contributed by atoms with E-state index in [0.717, 1.165) is 13.0 Å². The Hall–Kier alpha value is -1.62. The summed E-state index contributed by atoms with van der Waals surface area (Å²) < 4.78 is 13.6. The van der Waals surface area contributed by atoms with E-state index < -0.39 is 11.8 Å². The molecule has 19 heavy (non-hydrogen) atoms. The molecule has 0 aliphatic carbocycles. The van der Waals surface area contributed by atoms with E-state index in [4.69, 9.17) is 5.11 Å². The van der Waals surface area contributed by atoms with Gasteiger partial charge in [-0.1, -0.05) is 13.0 Å². The summed E-state index contributed by atoms with van der Waals surface area (Å²) in [6.45, 7) is 5.45. The molecule has 0 fully saturated rings. The summed E-state index contributed by atoms with van der Waals surface area (Å²) in [5.74, 6) is -1.66. The number of likely N-dealkylation sites (N-methyl/N-ethyl adjacent to an activating group) is 1. The van der Waals surface area contributed by atoms with Gasteiger partial charge >= 0.3 is 5.97 Å². The molecule has 0 aromatic heterocycles. The van der Waals surface area contributed by atoms with Crippen molar-refractivity contribution >= 4 is 11.7 Å². The number of halogens is 1. The predicted molar refractivity (Wildman–Crippen MR) is 74.2 cm³/mol. The number of hydrogen-bond acceptors (Lipinski definition) is 3. The summed E-state index contributed by atoms with van der Waals surface area (Å²) in [6.07, 6.45) is 1.04. The molecule has 1 rings (SSSR count). The van der Waals surface area contributed by atoms with Crippen molar-refractivity contribution in [2.24, 2.45) is 0 Å². The summed E-state index contributed by atoms with van der Waals surface area (Å²) in [4.78, 5) is 13.2. The Kier molecular flexibility index (Phi) is 5.76. The molecule has 4 nitrogen and oxygen atoms in total. The molecular formula is C14H21FN2O2. The monoisotopic (exact) mass is 268 g/mol. The van der Waals surface area contributed by atoms with Crippen LogP contribution < -0.4 is 5.32 Å². The van der Waals surface area contributed by atoms with Crippen molar-refractivity contribution in [3.05, 3.63) is 29.6 Å². The Labute approximate surface area is 113 Å². The number of carboxylic acids is 1. The lowest BCUT2D eigenvalue weighted by Gasteiger charge is -2.23. The summed E-state index contributed by atoms with van der Waals surface area (Å²) in [6, 6.07) is 4.50. The average Bonchev–Trinajstić information content (AvgIpc) is 2.39. The normalized spacial score (nSPS) is 12.5. The van der Waals surface area contributed by atoms with Gasteiger partial charge in [0.15, 0.2) is 0 Å². The van der Waals surface area contributed by atoms with Gasteiger partial charge in [-0.2, -0.15) is 0 Å². The third kappa shape index (κ3) is 4.21. The fourth-order valence-electron chi connectivity index (χ4n) is 1.77. The van der Waals surface area contributed by atoms with Crippen LogP contribution in [0.5, 0.6) is 0 Å². The van der Waals surface area contributed by atoms with Crippen molar-refractivity contribution < 1.29 is 14.3 Å². The van der Waals surface area contributed by atoms with Crippen LogP contribution in [0.15, 0.2) is 18.2 Å². The van der Waals surface area contributed by atoms with Crippen LogP contribution >= 0.6 is 0 Å². The van der Waals surface area contributed by atoms with Crippen molar-refractivity contribution in [3.63, 3.8) is 0 Å². The first-order chi connectivity index (χ1) is 8.97. The van der Waals surface area contributed by atoms with Gasteiger partial charge in [-0.05, 0) is 32.5 Å². The van der Waals surface area contributed by atoms with Crippen LogP contribution in [0, 0.1) is 5.82 Å². The van der Waals surface area contributed by atoms with E-state index in [1.807, 2.05) is 7.05 Å². The van der Waals surface area contributed by atoms with Gasteiger partial charge in [0.1, 0.15) is 5.82 Å². The number of anilines is 1. The van der Waals surface area contributed by atoms with Crippen LogP contribution in [0.25, 0.3) is 0 Å². The van der Waals surface area contributed by atoms with Gasteiger partial charge in [0.05, 0.1) is 11.3 Å². The lowest BCUT2D eigenvalue weighted by Crippen LogP contribution is -2.33. The largest absolute Gasteiger partial charge is 0.478 e. The molecular weight excluding hydrogens is 247 g/mol. The standard InChI is InChI=1S/C14H21FN2O2/c1-4-10(2)17(3)9-8-16-13-11(14(18)19)6-5-7-12(13)15/h5-7,10,16H,4,8-9H2,1-3H3,(H,18,19). The molecule has 0 radical (unpaired) electrons. The molecule has 106 valence electrons.